The van der Waals surface area contributed by atoms with Crippen LogP contribution >= 0.6 is 0 Å². The van der Waals surface area contributed by atoms with Gasteiger partial charge in [0.25, 0.3) is 0 Å². The number of rotatable bonds is 12. The second-order valence-electron chi connectivity index (χ2n) is 7.34. The molecule has 1 rings (SSSR count). The molecular weight excluding hydrogens is 352 g/mol. The monoisotopic (exact) mass is 386 g/mol. The lowest BCUT2D eigenvalue weighted by atomic mass is 10.0. The summed E-state index contributed by atoms with van der Waals surface area (Å²) in [6, 6.07) is 4.92. The molecule has 28 heavy (non-hydrogen) atoms. The molecule has 0 fully saturated rings. The Labute approximate surface area is 169 Å². The standard InChI is InChI=1S/C24H34O4/c1-18(2)8-6-9-19(3)10-7-11-20(4)12-13-21-16-22(24(25)26)14-15-23(21)28-17-27-5/h8,10,12,14-16H,6-7,9,11,13,17H2,1-5H3,(H,25,26). The first kappa shape index (κ1) is 23.7. The summed E-state index contributed by atoms with van der Waals surface area (Å²) in [6.45, 7) is 8.70. The Bertz CT molecular complexity index is 722. The Morgan fingerprint density at radius 1 is 1.00 bits per heavy atom. The summed E-state index contributed by atoms with van der Waals surface area (Å²) in [5.74, 6) is -0.278. The maximum absolute atomic E-state index is 11.2. The van der Waals surface area contributed by atoms with E-state index in [4.69, 9.17) is 9.47 Å². The third-order valence-corrected chi connectivity index (χ3v) is 4.43. The molecule has 0 saturated heterocycles. The molecule has 0 unspecified atom stereocenters. The lowest BCUT2D eigenvalue weighted by Gasteiger charge is -2.11. The lowest BCUT2D eigenvalue weighted by Crippen LogP contribution is -2.04. The fraction of sp³-hybridized carbons (Fsp3) is 0.458. The van der Waals surface area contributed by atoms with E-state index < -0.39 is 5.97 Å². The largest absolute Gasteiger partial charge is 0.478 e. The molecule has 0 aliphatic heterocycles. The van der Waals surface area contributed by atoms with Crippen LogP contribution in [0, 0.1) is 0 Å². The number of ether oxygens (including phenoxy) is 2. The van der Waals surface area contributed by atoms with Crippen LogP contribution in [0.4, 0.5) is 0 Å². The van der Waals surface area contributed by atoms with Gasteiger partial charge in [-0.05, 0) is 83.6 Å². The van der Waals surface area contributed by atoms with Crippen LogP contribution in [0.3, 0.4) is 0 Å². The molecule has 4 nitrogen and oxygen atoms in total. The van der Waals surface area contributed by atoms with Crippen molar-refractivity contribution in [1.82, 2.24) is 0 Å². The van der Waals surface area contributed by atoms with Crippen molar-refractivity contribution in [2.45, 2.75) is 59.8 Å². The molecule has 1 N–H and O–H groups in total. The van der Waals surface area contributed by atoms with Crippen LogP contribution in [0.15, 0.2) is 53.1 Å². The summed E-state index contributed by atoms with van der Waals surface area (Å²) in [4.78, 5) is 11.2. The summed E-state index contributed by atoms with van der Waals surface area (Å²) in [7, 11) is 1.56. The van der Waals surface area contributed by atoms with Gasteiger partial charge in [-0.3, -0.25) is 0 Å². The molecule has 0 radical (unpaired) electrons. The van der Waals surface area contributed by atoms with E-state index in [1.807, 2.05) is 0 Å². The summed E-state index contributed by atoms with van der Waals surface area (Å²) < 4.78 is 10.5. The minimum Gasteiger partial charge on any atom is -0.478 e. The predicted octanol–water partition coefficient (Wildman–Crippen LogP) is 6.33. The lowest BCUT2D eigenvalue weighted by molar-refractivity contribution is 0.0505. The smallest absolute Gasteiger partial charge is 0.335 e. The van der Waals surface area contributed by atoms with E-state index in [9.17, 15) is 9.90 Å². The summed E-state index contributed by atoms with van der Waals surface area (Å²) in [5, 5.41) is 9.22. The number of carboxylic acid groups (broad SMARTS) is 1. The van der Waals surface area contributed by atoms with Crippen LogP contribution in [0.2, 0.25) is 0 Å². The molecule has 4 heteroatoms. The summed E-state index contributed by atoms with van der Waals surface area (Å²) in [6.07, 6.45) is 11.6. The Morgan fingerprint density at radius 3 is 2.25 bits per heavy atom. The number of aromatic carboxylic acids is 1. The average Bonchev–Trinajstić information content (AvgIpc) is 2.64. The molecule has 0 saturated carbocycles. The van der Waals surface area contributed by atoms with Crippen molar-refractivity contribution in [2.75, 3.05) is 13.9 Å². The first-order valence-electron chi connectivity index (χ1n) is 9.76. The van der Waals surface area contributed by atoms with Gasteiger partial charge >= 0.3 is 5.97 Å². The van der Waals surface area contributed by atoms with Gasteiger partial charge in [-0.2, -0.15) is 0 Å². The fourth-order valence-electron chi connectivity index (χ4n) is 2.76. The first-order valence-corrected chi connectivity index (χ1v) is 9.76. The quantitative estimate of drug-likeness (QED) is 0.337. The molecule has 0 amide bonds. The van der Waals surface area contributed by atoms with Gasteiger partial charge in [0.2, 0.25) is 0 Å². The zero-order chi connectivity index (χ0) is 20.9. The first-order chi connectivity index (χ1) is 13.3. The van der Waals surface area contributed by atoms with E-state index in [-0.39, 0.29) is 12.4 Å². The highest BCUT2D eigenvalue weighted by Crippen LogP contribution is 2.22. The van der Waals surface area contributed by atoms with Gasteiger partial charge in [-0.15, -0.1) is 0 Å². The number of hydrogen-bond donors (Lipinski definition) is 1. The number of hydrogen-bond acceptors (Lipinski definition) is 3. The second kappa shape index (κ2) is 12.9. The van der Waals surface area contributed by atoms with Crippen molar-refractivity contribution >= 4 is 5.97 Å². The van der Waals surface area contributed by atoms with E-state index in [0.29, 0.717) is 12.2 Å². The molecular formula is C24H34O4. The second-order valence-corrected chi connectivity index (χ2v) is 7.34. The highest BCUT2D eigenvalue weighted by molar-refractivity contribution is 5.88. The number of benzene rings is 1. The highest BCUT2D eigenvalue weighted by Gasteiger charge is 2.09. The number of carboxylic acids is 1. The zero-order valence-electron chi connectivity index (χ0n) is 17.9. The van der Waals surface area contributed by atoms with Crippen LogP contribution in [0.5, 0.6) is 5.75 Å². The molecule has 0 atom stereocenters. The summed E-state index contributed by atoms with van der Waals surface area (Å²) >= 11 is 0. The van der Waals surface area contributed by atoms with Gasteiger partial charge in [-0.1, -0.05) is 34.9 Å². The van der Waals surface area contributed by atoms with E-state index in [0.717, 1.165) is 31.2 Å². The maximum atomic E-state index is 11.2. The van der Waals surface area contributed by atoms with E-state index in [1.165, 1.54) is 16.7 Å². The Kier molecular flexibility index (Phi) is 11.0. The molecule has 1 aromatic rings. The molecule has 0 aliphatic carbocycles. The molecule has 0 aliphatic rings. The third kappa shape index (κ3) is 9.56. The summed E-state index contributed by atoms with van der Waals surface area (Å²) in [5.41, 5.74) is 5.19. The van der Waals surface area contributed by atoms with Crippen molar-refractivity contribution in [3.63, 3.8) is 0 Å². The number of methoxy groups -OCH3 is 1. The Hall–Kier alpha value is -2.33. The van der Waals surface area contributed by atoms with Gasteiger partial charge < -0.3 is 14.6 Å². The fourth-order valence-corrected chi connectivity index (χ4v) is 2.76. The number of carbonyl (C=O) groups is 1. The normalized spacial score (nSPS) is 12.0. The molecule has 0 heterocycles. The van der Waals surface area contributed by atoms with Crippen LogP contribution in [0.1, 0.15) is 69.3 Å². The molecule has 0 spiro atoms. The SMILES string of the molecule is COCOc1ccc(C(=O)O)cc1CC=C(C)CCC=C(C)CCC=C(C)C. The van der Waals surface area contributed by atoms with E-state index in [2.05, 4.69) is 45.9 Å². The molecule has 0 bridgehead atoms. The van der Waals surface area contributed by atoms with Gasteiger partial charge in [-0.25, -0.2) is 4.79 Å². The minimum atomic E-state index is -0.936. The van der Waals surface area contributed by atoms with Gasteiger partial charge in [0.05, 0.1) is 5.56 Å². The maximum Gasteiger partial charge on any atom is 0.335 e. The average molecular weight is 387 g/mol. The highest BCUT2D eigenvalue weighted by atomic mass is 16.7. The van der Waals surface area contributed by atoms with Crippen molar-refractivity contribution in [1.29, 1.82) is 0 Å². The van der Waals surface area contributed by atoms with E-state index in [1.54, 1.807) is 25.3 Å². The van der Waals surface area contributed by atoms with Crippen LogP contribution in [-0.2, 0) is 11.2 Å². The van der Waals surface area contributed by atoms with Crippen molar-refractivity contribution in [2.24, 2.45) is 0 Å². The van der Waals surface area contributed by atoms with Crippen molar-refractivity contribution in [3.8, 4) is 5.75 Å². The molecule has 154 valence electrons. The van der Waals surface area contributed by atoms with Crippen LogP contribution in [-0.4, -0.2) is 25.0 Å². The minimum absolute atomic E-state index is 0.138. The van der Waals surface area contributed by atoms with E-state index >= 15 is 0 Å². The molecule has 0 aromatic heterocycles. The topological polar surface area (TPSA) is 55.8 Å². The van der Waals surface area contributed by atoms with Crippen LogP contribution < -0.4 is 4.74 Å². The Balaban J connectivity index is 2.66. The van der Waals surface area contributed by atoms with Crippen molar-refractivity contribution < 1.29 is 19.4 Å². The van der Waals surface area contributed by atoms with Gasteiger partial charge in [0.15, 0.2) is 6.79 Å². The Morgan fingerprint density at radius 2 is 1.64 bits per heavy atom. The number of allylic oxidation sites excluding steroid dienone is 6. The van der Waals surface area contributed by atoms with Gasteiger partial charge in [0, 0.05) is 7.11 Å². The predicted molar refractivity (Wildman–Crippen MR) is 115 cm³/mol. The molecule has 1 aromatic carbocycles. The van der Waals surface area contributed by atoms with Gasteiger partial charge in [0.1, 0.15) is 5.75 Å². The van der Waals surface area contributed by atoms with Crippen LogP contribution in [0.25, 0.3) is 0 Å². The zero-order valence-corrected chi connectivity index (χ0v) is 17.9. The van der Waals surface area contributed by atoms with Crippen molar-refractivity contribution in [3.05, 3.63) is 64.3 Å². The third-order valence-electron chi connectivity index (χ3n) is 4.43.